The fourth-order valence-electron chi connectivity index (χ4n) is 1.11. The maximum Gasteiger partial charge on any atom is 0.337 e. The van der Waals surface area contributed by atoms with Gasteiger partial charge in [-0.1, -0.05) is 26.2 Å². The van der Waals surface area contributed by atoms with Gasteiger partial charge >= 0.3 is 7.60 Å². The number of rotatable bonds is 8. The van der Waals surface area contributed by atoms with Gasteiger partial charge in [0.15, 0.2) is 0 Å². The molecule has 5 nitrogen and oxygen atoms in total. The van der Waals surface area contributed by atoms with E-state index in [0.29, 0.717) is 6.42 Å². The fourth-order valence-corrected chi connectivity index (χ4v) is 4.50. The third-order valence-electron chi connectivity index (χ3n) is 1.73. The van der Waals surface area contributed by atoms with E-state index >= 15 is 0 Å². The maximum atomic E-state index is 11.3. The third-order valence-corrected chi connectivity index (χ3v) is 5.85. The summed E-state index contributed by atoms with van der Waals surface area (Å²) in [5, 5.41) is 0. The highest BCUT2D eigenvalue weighted by atomic mass is 31.2. The van der Waals surface area contributed by atoms with Crippen LogP contribution in [-0.2, 0) is 13.7 Å². The first kappa shape index (κ1) is 15.3. The summed E-state index contributed by atoms with van der Waals surface area (Å²) in [6.07, 6.45) is 3.79. The van der Waals surface area contributed by atoms with Crippen LogP contribution in [0.4, 0.5) is 0 Å². The molecule has 0 aliphatic rings. The minimum atomic E-state index is -3.88. The normalized spacial score (nSPS) is 19.5. The van der Waals surface area contributed by atoms with Gasteiger partial charge in [-0.25, -0.2) is 0 Å². The van der Waals surface area contributed by atoms with Crippen LogP contribution < -0.4 is 0 Å². The van der Waals surface area contributed by atoms with E-state index in [1.54, 1.807) is 0 Å². The van der Waals surface area contributed by atoms with E-state index in [1.165, 1.54) is 0 Å². The van der Waals surface area contributed by atoms with E-state index in [4.69, 9.17) is 9.42 Å². The van der Waals surface area contributed by atoms with Gasteiger partial charge in [-0.3, -0.25) is 9.13 Å². The molecule has 0 aromatic heterocycles. The highest BCUT2D eigenvalue weighted by Gasteiger charge is 2.28. The second-order valence-electron chi connectivity index (χ2n) is 3.72. The van der Waals surface area contributed by atoms with Gasteiger partial charge in [-0.2, -0.15) is 0 Å². The topological polar surface area (TPSA) is 83.8 Å². The molecule has 2 N–H and O–H groups in total. The molecule has 0 bridgehead atoms. The maximum absolute atomic E-state index is 11.3. The zero-order valence-electron chi connectivity index (χ0n) is 9.26. The van der Waals surface area contributed by atoms with Crippen molar-refractivity contribution in [2.45, 2.75) is 32.6 Å². The van der Waals surface area contributed by atoms with Gasteiger partial charge < -0.3 is 14.3 Å². The largest absolute Gasteiger partial charge is 0.344 e. The Morgan fingerprint density at radius 2 is 1.73 bits per heavy atom. The summed E-state index contributed by atoms with van der Waals surface area (Å²) in [7, 11) is -7.36. The Labute approximate surface area is 90.8 Å². The van der Waals surface area contributed by atoms with Crippen molar-refractivity contribution in [1.82, 2.24) is 0 Å². The van der Waals surface area contributed by atoms with Crippen LogP contribution in [0.15, 0.2) is 0 Å². The predicted octanol–water partition coefficient (Wildman–Crippen LogP) is 2.63. The summed E-state index contributed by atoms with van der Waals surface area (Å²) < 4.78 is 26.9. The van der Waals surface area contributed by atoms with Gasteiger partial charge in [0.05, 0.1) is 6.61 Å². The molecule has 0 saturated heterocycles. The van der Waals surface area contributed by atoms with E-state index in [1.807, 2.05) is 0 Å². The standard InChI is InChI=1S/C8H20O5P2/c1-3-4-5-6-7-13-15(11,12)8-14(2,9)10/h3-8H2,1-2H3,(H,9,10)(H,11,12). The van der Waals surface area contributed by atoms with Crippen LogP contribution in [0, 0.1) is 0 Å². The van der Waals surface area contributed by atoms with Crippen LogP contribution in [0.25, 0.3) is 0 Å². The summed E-state index contributed by atoms with van der Waals surface area (Å²) in [5.41, 5.74) is 0. The Morgan fingerprint density at radius 3 is 2.20 bits per heavy atom. The number of unbranched alkanes of at least 4 members (excludes halogenated alkanes) is 3. The highest BCUT2D eigenvalue weighted by molar-refractivity contribution is 7.72. The molecule has 0 rings (SSSR count). The molecule has 0 aliphatic carbocycles. The van der Waals surface area contributed by atoms with Crippen LogP contribution in [0.2, 0.25) is 0 Å². The zero-order valence-corrected chi connectivity index (χ0v) is 11.0. The van der Waals surface area contributed by atoms with E-state index in [9.17, 15) is 14.0 Å². The molecule has 15 heavy (non-hydrogen) atoms. The highest BCUT2D eigenvalue weighted by Crippen LogP contribution is 2.55. The SMILES string of the molecule is CCCCCCOP(=O)(O)CP(C)(=O)O. The van der Waals surface area contributed by atoms with E-state index in [2.05, 4.69) is 6.92 Å². The molecule has 92 valence electrons. The summed E-state index contributed by atoms with van der Waals surface area (Å²) in [4.78, 5) is 18.1. The van der Waals surface area contributed by atoms with Gasteiger partial charge in [-0.05, 0) is 6.42 Å². The van der Waals surface area contributed by atoms with Gasteiger partial charge in [0.1, 0.15) is 5.90 Å². The smallest absolute Gasteiger partial charge is 0.337 e. The van der Waals surface area contributed by atoms with E-state index in [-0.39, 0.29) is 6.61 Å². The Bertz CT molecular complexity index is 260. The Kier molecular flexibility index (Phi) is 6.98. The van der Waals surface area contributed by atoms with Crippen molar-refractivity contribution in [2.75, 3.05) is 19.2 Å². The first-order valence-electron chi connectivity index (χ1n) is 5.02. The van der Waals surface area contributed by atoms with Crippen molar-refractivity contribution in [3.05, 3.63) is 0 Å². The third kappa shape index (κ3) is 10.6. The van der Waals surface area contributed by atoms with Gasteiger partial charge in [0.25, 0.3) is 0 Å². The molecule has 2 unspecified atom stereocenters. The summed E-state index contributed by atoms with van der Waals surface area (Å²) in [6, 6.07) is 0. The van der Waals surface area contributed by atoms with E-state index in [0.717, 1.165) is 25.9 Å². The molecular formula is C8H20O5P2. The average Bonchev–Trinajstić information content (AvgIpc) is 1.99. The average molecular weight is 258 g/mol. The van der Waals surface area contributed by atoms with Crippen LogP contribution >= 0.6 is 15.0 Å². The summed E-state index contributed by atoms with van der Waals surface area (Å²) in [6.45, 7) is 3.29. The minimum Gasteiger partial charge on any atom is -0.344 e. The molecule has 7 heteroatoms. The predicted molar refractivity (Wildman–Crippen MR) is 60.5 cm³/mol. The summed E-state index contributed by atoms with van der Waals surface area (Å²) in [5.74, 6) is -0.659. The van der Waals surface area contributed by atoms with Crippen molar-refractivity contribution < 1.29 is 23.4 Å². The van der Waals surface area contributed by atoms with Crippen LogP contribution in [0.1, 0.15) is 32.6 Å². The Balaban J connectivity index is 3.75. The van der Waals surface area contributed by atoms with Crippen LogP contribution in [-0.4, -0.2) is 29.0 Å². The lowest BCUT2D eigenvalue weighted by atomic mass is 10.2. The van der Waals surface area contributed by atoms with Crippen LogP contribution in [0.3, 0.4) is 0 Å². The lowest BCUT2D eigenvalue weighted by molar-refractivity contribution is 0.255. The lowest BCUT2D eigenvalue weighted by Gasteiger charge is -2.13. The zero-order chi connectivity index (χ0) is 11.9. The first-order valence-corrected chi connectivity index (χ1v) is 9.08. The van der Waals surface area contributed by atoms with Crippen molar-refractivity contribution in [1.29, 1.82) is 0 Å². The molecular weight excluding hydrogens is 238 g/mol. The molecule has 0 spiro atoms. The number of hydrogen-bond acceptors (Lipinski definition) is 3. The monoisotopic (exact) mass is 258 g/mol. The Morgan fingerprint density at radius 1 is 1.13 bits per heavy atom. The summed E-state index contributed by atoms with van der Waals surface area (Å²) >= 11 is 0. The second-order valence-corrected chi connectivity index (χ2v) is 8.49. The van der Waals surface area contributed by atoms with Gasteiger partial charge in [0.2, 0.25) is 7.37 Å². The van der Waals surface area contributed by atoms with Crippen LogP contribution in [0.5, 0.6) is 0 Å². The number of hydrogen-bond donors (Lipinski definition) is 2. The quantitative estimate of drug-likeness (QED) is 0.516. The minimum absolute atomic E-state index is 0.174. The van der Waals surface area contributed by atoms with E-state index < -0.39 is 20.9 Å². The van der Waals surface area contributed by atoms with Gasteiger partial charge in [-0.15, -0.1) is 0 Å². The van der Waals surface area contributed by atoms with Crippen molar-refractivity contribution in [3.63, 3.8) is 0 Å². The van der Waals surface area contributed by atoms with Crippen molar-refractivity contribution in [3.8, 4) is 0 Å². The lowest BCUT2D eigenvalue weighted by Crippen LogP contribution is -1.97. The molecule has 0 aromatic carbocycles. The molecule has 0 saturated carbocycles. The van der Waals surface area contributed by atoms with Gasteiger partial charge in [0, 0.05) is 6.66 Å². The first-order chi connectivity index (χ1) is 6.77. The molecule has 2 atom stereocenters. The Hall–Kier alpha value is 0.340. The molecule has 0 heterocycles. The molecule has 0 aliphatic heterocycles. The second kappa shape index (κ2) is 6.82. The van der Waals surface area contributed by atoms with Crippen molar-refractivity contribution >= 4 is 15.0 Å². The van der Waals surface area contributed by atoms with Crippen molar-refractivity contribution in [2.24, 2.45) is 0 Å². The fraction of sp³-hybridized carbons (Fsp3) is 1.00. The molecule has 0 radical (unpaired) electrons. The molecule has 0 aromatic rings. The molecule has 0 fully saturated rings. The molecule has 0 amide bonds.